The average Bonchev–Trinajstić information content (AvgIpc) is 2.50. The summed E-state index contributed by atoms with van der Waals surface area (Å²) in [6.45, 7) is 6.46. The van der Waals surface area contributed by atoms with Crippen molar-refractivity contribution >= 4 is 35.0 Å². The van der Waals surface area contributed by atoms with E-state index < -0.39 is 0 Å². The van der Waals surface area contributed by atoms with Gasteiger partial charge in [-0.05, 0) is 23.1 Å². The maximum absolute atomic E-state index is 11.3. The number of nitrogens with one attached hydrogen (secondary N) is 2. The normalized spacial score (nSPS) is 11.2. The molecular formula is C16H22Cl2N2O3. The van der Waals surface area contributed by atoms with E-state index in [4.69, 9.17) is 23.2 Å². The van der Waals surface area contributed by atoms with E-state index in [1.807, 2.05) is 32.9 Å². The molecule has 5 nitrogen and oxygen atoms in total. The second-order valence-corrected chi connectivity index (χ2v) is 6.75. The molecule has 1 aromatic carbocycles. The zero-order valence-corrected chi connectivity index (χ0v) is 15.0. The molecule has 0 spiro atoms. The van der Waals surface area contributed by atoms with Crippen molar-refractivity contribution in [1.82, 2.24) is 10.6 Å². The molecule has 0 bridgehead atoms. The molecule has 0 aliphatic rings. The molecule has 23 heavy (non-hydrogen) atoms. The SMILES string of the molecule is CC(C)(C)c1cc(CNC(=O)CCl)c(O)c(CNC(=O)CCl)c1. The maximum atomic E-state index is 11.3. The average molecular weight is 361 g/mol. The van der Waals surface area contributed by atoms with Crippen LogP contribution in [-0.4, -0.2) is 28.7 Å². The number of hydrogen-bond donors (Lipinski definition) is 3. The maximum Gasteiger partial charge on any atom is 0.235 e. The Labute approximate surface area is 146 Å². The topological polar surface area (TPSA) is 78.4 Å². The van der Waals surface area contributed by atoms with Crippen molar-refractivity contribution in [2.75, 3.05) is 11.8 Å². The summed E-state index contributed by atoms with van der Waals surface area (Å²) < 4.78 is 0. The molecule has 7 heteroatoms. The third-order valence-corrected chi connectivity index (χ3v) is 3.81. The van der Waals surface area contributed by atoms with E-state index >= 15 is 0 Å². The summed E-state index contributed by atoms with van der Waals surface area (Å²) in [4.78, 5) is 22.6. The molecule has 128 valence electrons. The highest BCUT2D eigenvalue weighted by molar-refractivity contribution is 6.27. The standard InChI is InChI=1S/C16H22Cl2N2O3/c1-16(2,3)12-4-10(8-19-13(21)6-17)15(23)11(5-12)9-20-14(22)7-18/h4-5,23H,6-9H2,1-3H3,(H,19,21)(H,20,22). The van der Waals surface area contributed by atoms with Crippen molar-refractivity contribution in [1.29, 1.82) is 0 Å². The van der Waals surface area contributed by atoms with E-state index in [1.54, 1.807) is 0 Å². The molecule has 0 saturated carbocycles. The third kappa shape index (κ3) is 5.92. The van der Waals surface area contributed by atoms with Crippen molar-refractivity contribution in [3.63, 3.8) is 0 Å². The Morgan fingerprint density at radius 1 is 1.00 bits per heavy atom. The fourth-order valence-electron chi connectivity index (χ4n) is 1.94. The van der Waals surface area contributed by atoms with Gasteiger partial charge >= 0.3 is 0 Å². The number of hydrogen-bond acceptors (Lipinski definition) is 3. The molecule has 0 radical (unpaired) electrons. The van der Waals surface area contributed by atoms with E-state index in [0.29, 0.717) is 11.1 Å². The molecule has 0 saturated heterocycles. The number of phenols is 1. The molecule has 0 fully saturated rings. The first-order valence-corrected chi connectivity index (χ1v) is 8.26. The van der Waals surface area contributed by atoms with E-state index in [9.17, 15) is 14.7 Å². The second-order valence-electron chi connectivity index (χ2n) is 6.21. The summed E-state index contributed by atoms with van der Waals surface area (Å²) in [5, 5.41) is 15.6. The first kappa shape index (κ1) is 19.6. The van der Waals surface area contributed by atoms with Gasteiger partial charge in [0.2, 0.25) is 11.8 Å². The number of carbonyl (C=O) groups is 2. The number of benzene rings is 1. The van der Waals surface area contributed by atoms with Crippen molar-refractivity contribution in [3.05, 3.63) is 28.8 Å². The van der Waals surface area contributed by atoms with E-state index in [1.165, 1.54) is 0 Å². The monoisotopic (exact) mass is 360 g/mol. The molecule has 0 aliphatic heterocycles. The molecular weight excluding hydrogens is 339 g/mol. The predicted octanol–water partition coefficient (Wildman–Crippen LogP) is 2.40. The summed E-state index contributed by atoms with van der Waals surface area (Å²) in [6, 6.07) is 3.69. The number of rotatable bonds is 6. The lowest BCUT2D eigenvalue weighted by Crippen LogP contribution is -2.26. The first-order chi connectivity index (χ1) is 10.7. The van der Waals surface area contributed by atoms with Crippen molar-refractivity contribution in [2.24, 2.45) is 0 Å². The van der Waals surface area contributed by atoms with Crippen LogP contribution in [-0.2, 0) is 28.1 Å². The van der Waals surface area contributed by atoms with Crippen LogP contribution in [0.3, 0.4) is 0 Å². The molecule has 1 aromatic rings. The van der Waals surface area contributed by atoms with E-state index in [-0.39, 0.29) is 47.8 Å². The van der Waals surface area contributed by atoms with Gasteiger partial charge in [-0.3, -0.25) is 9.59 Å². The van der Waals surface area contributed by atoms with E-state index in [2.05, 4.69) is 10.6 Å². The van der Waals surface area contributed by atoms with Crippen LogP contribution >= 0.6 is 23.2 Å². The molecule has 2 amide bonds. The van der Waals surface area contributed by atoms with Gasteiger partial charge in [-0.25, -0.2) is 0 Å². The van der Waals surface area contributed by atoms with Crippen molar-refractivity contribution < 1.29 is 14.7 Å². The number of phenolic OH excluding ortho intramolecular Hbond substituents is 1. The molecule has 0 aliphatic carbocycles. The third-order valence-electron chi connectivity index (χ3n) is 3.33. The molecule has 0 aromatic heterocycles. The predicted molar refractivity (Wildman–Crippen MR) is 91.9 cm³/mol. The van der Waals surface area contributed by atoms with Crippen LogP contribution in [0, 0.1) is 0 Å². The fourth-order valence-corrected chi connectivity index (χ4v) is 2.13. The first-order valence-electron chi connectivity index (χ1n) is 7.19. The number of aromatic hydroxyl groups is 1. The summed E-state index contributed by atoms with van der Waals surface area (Å²) in [6.07, 6.45) is 0. The van der Waals surface area contributed by atoms with Crippen molar-refractivity contribution in [2.45, 2.75) is 39.3 Å². The van der Waals surface area contributed by atoms with Gasteiger partial charge in [-0.15, -0.1) is 23.2 Å². The lowest BCUT2D eigenvalue weighted by atomic mass is 9.84. The Hall–Kier alpha value is -1.46. The summed E-state index contributed by atoms with van der Waals surface area (Å²) in [7, 11) is 0. The minimum absolute atomic E-state index is 0.0442. The minimum Gasteiger partial charge on any atom is -0.507 e. The molecule has 0 heterocycles. The van der Waals surface area contributed by atoms with Gasteiger partial charge in [0, 0.05) is 24.2 Å². The van der Waals surface area contributed by atoms with Crippen LogP contribution in [0.5, 0.6) is 5.75 Å². The van der Waals surface area contributed by atoms with Gasteiger partial charge in [0.1, 0.15) is 17.5 Å². The van der Waals surface area contributed by atoms with Crippen LogP contribution < -0.4 is 10.6 Å². The second kappa shape index (κ2) is 8.41. The Kier molecular flexibility index (Phi) is 7.16. The smallest absolute Gasteiger partial charge is 0.235 e. The number of alkyl halides is 2. The number of amides is 2. The van der Waals surface area contributed by atoms with Crippen molar-refractivity contribution in [3.8, 4) is 5.75 Å². The number of halogens is 2. The van der Waals surface area contributed by atoms with Crippen LogP contribution in [0.1, 0.15) is 37.5 Å². The van der Waals surface area contributed by atoms with Gasteiger partial charge in [-0.2, -0.15) is 0 Å². The van der Waals surface area contributed by atoms with Gasteiger partial charge < -0.3 is 15.7 Å². The van der Waals surface area contributed by atoms with Gasteiger partial charge in [0.05, 0.1) is 0 Å². The fraction of sp³-hybridized carbons (Fsp3) is 0.500. The van der Waals surface area contributed by atoms with Gasteiger partial charge in [-0.1, -0.05) is 20.8 Å². The Morgan fingerprint density at radius 3 is 1.70 bits per heavy atom. The quantitative estimate of drug-likeness (QED) is 0.681. The lowest BCUT2D eigenvalue weighted by Gasteiger charge is -2.22. The highest BCUT2D eigenvalue weighted by atomic mass is 35.5. The van der Waals surface area contributed by atoms with Crippen LogP contribution in [0.4, 0.5) is 0 Å². The van der Waals surface area contributed by atoms with Gasteiger partial charge in [0.25, 0.3) is 0 Å². The summed E-state index contributed by atoms with van der Waals surface area (Å²) in [5.41, 5.74) is 1.99. The zero-order valence-electron chi connectivity index (χ0n) is 13.5. The van der Waals surface area contributed by atoms with E-state index in [0.717, 1.165) is 5.56 Å². The Balaban J connectivity index is 3.12. The molecule has 3 N–H and O–H groups in total. The molecule has 1 rings (SSSR count). The largest absolute Gasteiger partial charge is 0.507 e. The minimum atomic E-state index is -0.316. The van der Waals surface area contributed by atoms with Crippen LogP contribution in [0.2, 0.25) is 0 Å². The highest BCUT2D eigenvalue weighted by Gasteiger charge is 2.19. The van der Waals surface area contributed by atoms with Gasteiger partial charge in [0.15, 0.2) is 0 Å². The summed E-state index contributed by atoms with van der Waals surface area (Å²) >= 11 is 10.9. The summed E-state index contributed by atoms with van der Waals surface area (Å²) in [5.74, 6) is -0.868. The molecule has 0 atom stereocenters. The highest BCUT2D eigenvalue weighted by Crippen LogP contribution is 2.31. The molecule has 0 unspecified atom stereocenters. The Bertz CT molecular complexity index is 542. The number of carbonyl (C=O) groups excluding carboxylic acids is 2. The van der Waals surface area contributed by atoms with Crippen LogP contribution in [0.25, 0.3) is 0 Å². The lowest BCUT2D eigenvalue weighted by molar-refractivity contribution is -0.119. The Morgan fingerprint density at radius 2 is 1.39 bits per heavy atom. The zero-order chi connectivity index (χ0) is 17.6. The van der Waals surface area contributed by atoms with Crippen LogP contribution in [0.15, 0.2) is 12.1 Å².